The normalized spacial score (nSPS) is 10.9. The van der Waals surface area contributed by atoms with Gasteiger partial charge in [0, 0.05) is 31.9 Å². The van der Waals surface area contributed by atoms with E-state index in [-0.39, 0.29) is 0 Å². The Morgan fingerprint density at radius 2 is 2.10 bits per heavy atom. The molecule has 2 rings (SSSR count). The molecule has 0 amide bonds. The van der Waals surface area contributed by atoms with Crippen molar-refractivity contribution in [3.8, 4) is 5.88 Å². The van der Waals surface area contributed by atoms with Crippen LogP contribution in [-0.2, 0) is 26.1 Å². The van der Waals surface area contributed by atoms with E-state index in [1.165, 1.54) is 5.69 Å². The van der Waals surface area contributed by atoms with E-state index in [4.69, 9.17) is 4.74 Å². The molecule has 21 heavy (non-hydrogen) atoms. The minimum Gasteiger partial charge on any atom is -0.481 e. The van der Waals surface area contributed by atoms with Crippen molar-refractivity contribution in [3.63, 3.8) is 0 Å². The summed E-state index contributed by atoms with van der Waals surface area (Å²) in [5.41, 5.74) is 3.43. The third-order valence-corrected chi connectivity index (χ3v) is 4.24. The lowest BCUT2D eigenvalue weighted by Gasteiger charge is -2.08. The van der Waals surface area contributed by atoms with Crippen LogP contribution in [0.3, 0.4) is 0 Å². The molecule has 6 heteroatoms. The van der Waals surface area contributed by atoms with Crippen molar-refractivity contribution in [1.82, 2.24) is 20.1 Å². The van der Waals surface area contributed by atoms with E-state index >= 15 is 0 Å². The maximum Gasteiger partial charge on any atom is 0.212 e. The van der Waals surface area contributed by atoms with Crippen molar-refractivity contribution >= 4 is 15.9 Å². The number of pyridine rings is 1. The molecule has 0 aliphatic heterocycles. The minimum absolute atomic E-state index is 0.637. The van der Waals surface area contributed by atoms with Crippen LogP contribution in [0, 0.1) is 0 Å². The second kappa shape index (κ2) is 7.56. The zero-order chi connectivity index (χ0) is 15.2. The molecule has 0 bridgehead atoms. The first-order valence-electron chi connectivity index (χ1n) is 7.13. The van der Waals surface area contributed by atoms with Gasteiger partial charge in [-0.25, -0.2) is 4.98 Å². The summed E-state index contributed by atoms with van der Waals surface area (Å²) in [5.74, 6) is 0.637. The fraction of sp³-hybridized carbons (Fsp3) is 0.467. The maximum atomic E-state index is 5.05. The van der Waals surface area contributed by atoms with Gasteiger partial charge in [-0.3, -0.25) is 4.68 Å². The van der Waals surface area contributed by atoms with E-state index in [0.717, 1.165) is 41.8 Å². The molecule has 0 spiro atoms. The number of nitrogens with zero attached hydrogens (tertiary/aromatic N) is 3. The van der Waals surface area contributed by atoms with Gasteiger partial charge in [-0.1, -0.05) is 13.0 Å². The average Bonchev–Trinajstić information content (AvgIpc) is 2.84. The van der Waals surface area contributed by atoms with Gasteiger partial charge in [0.1, 0.15) is 0 Å². The molecule has 5 nitrogen and oxygen atoms in total. The first-order valence-corrected chi connectivity index (χ1v) is 7.92. The first-order chi connectivity index (χ1) is 10.2. The van der Waals surface area contributed by atoms with Crippen molar-refractivity contribution in [3.05, 3.63) is 39.8 Å². The molecule has 0 aliphatic carbocycles. The molecule has 1 N–H and O–H groups in total. The molecule has 0 aromatic carbocycles. The Kier molecular flexibility index (Phi) is 5.76. The van der Waals surface area contributed by atoms with Crippen LogP contribution in [0.4, 0.5) is 0 Å². The molecular formula is C15H21BrN4O. The van der Waals surface area contributed by atoms with Crippen LogP contribution in [-0.4, -0.2) is 21.9 Å². The smallest absolute Gasteiger partial charge is 0.212 e. The summed E-state index contributed by atoms with van der Waals surface area (Å²) in [4.78, 5) is 4.20. The average molecular weight is 353 g/mol. The quantitative estimate of drug-likeness (QED) is 0.832. The molecule has 0 unspecified atom stereocenters. The number of halogens is 1. The second-order valence-corrected chi connectivity index (χ2v) is 5.48. The number of methoxy groups -OCH3 is 1. The summed E-state index contributed by atoms with van der Waals surface area (Å²) in [7, 11) is 1.62. The summed E-state index contributed by atoms with van der Waals surface area (Å²) in [6.45, 7) is 6.63. The lowest BCUT2D eigenvalue weighted by Crippen LogP contribution is -2.16. The molecule has 2 heterocycles. The van der Waals surface area contributed by atoms with Crippen molar-refractivity contribution < 1.29 is 4.74 Å². The molecule has 0 atom stereocenters. The van der Waals surface area contributed by atoms with Crippen molar-refractivity contribution in [2.24, 2.45) is 0 Å². The summed E-state index contributed by atoms with van der Waals surface area (Å²) in [5, 5.41) is 8.03. The highest BCUT2D eigenvalue weighted by atomic mass is 79.9. The molecular weight excluding hydrogens is 332 g/mol. The number of hydrogen-bond acceptors (Lipinski definition) is 4. The van der Waals surface area contributed by atoms with Gasteiger partial charge in [0.25, 0.3) is 0 Å². The number of hydrogen-bond donors (Lipinski definition) is 1. The number of aryl methyl sites for hydroxylation is 2. The Balaban J connectivity index is 1.97. The third-order valence-electron chi connectivity index (χ3n) is 3.32. The zero-order valence-electron chi connectivity index (χ0n) is 12.7. The van der Waals surface area contributed by atoms with E-state index in [1.807, 2.05) is 23.0 Å². The molecule has 2 aromatic rings. The summed E-state index contributed by atoms with van der Waals surface area (Å²) >= 11 is 3.66. The molecule has 0 saturated carbocycles. The lowest BCUT2D eigenvalue weighted by atomic mass is 10.2. The predicted molar refractivity (Wildman–Crippen MR) is 86.3 cm³/mol. The molecule has 0 radical (unpaired) electrons. The van der Waals surface area contributed by atoms with Crippen LogP contribution in [0.2, 0.25) is 0 Å². The van der Waals surface area contributed by atoms with Crippen molar-refractivity contribution in [1.29, 1.82) is 0 Å². The number of rotatable bonds is 7. The summed E-state index contributed by atoms with van der Waals surface area (Å²) in [6.07, 6.45) is 2.76. The van der Waals surface area contributed by atoms with Crippen LogP contribution >= 0.6 is 15.9 Å². The first kappa shape index (κ1) is 16.0. The van der Waals surface area contributed by atoms with Crippen molar-refractivity contribution in [2.45, 2.75) is 39.9 Å². The molecule has 114 valence electrons. The Bertz CT molecular complexity index is 580. The molecule has 0 aliphatic rings. The van der Waals surface area contributed by atoms with Gasteiger partial charge in [-0.2, -0.15) is 5.10 Å². The topological polar surface area (TPSA) is 52.0 Å². The van der Waals surface area contributed by atoms with Crippen LogP contribution < -0.4 is 10.1 Å². The predicted octanol–water partition coefficient (Wildman–Crippen LogP) is 2.92. The second-order valence-electron chi connectivity index (χ2n) is 4.69. The Hall–Kier alpha value is -1.40. The van der Waals surface area contributed by atoms with Gasteiger partial charge in [0.15, 0.2) is 0 Å². The summed E-state index contributed by atoms with van der Waals surface area (Å²) in [6, 6.07) is 3.89. The Labute approximate surface area is 133 Å². The van der Waals surface area contributed by atoms with Gasteiger partial charge < -0.3 is 10.1 Å². The van der Waals surface area contributed by atoms with Crippen LogP contribution in [0.5, 0.6) is 5.88 Å². The SMILES string of the molecule is CCc1nn(CC)c(CNCc2ccc(OC)nc2)c1Br. The van der Waals surface area contributed by atoms with E-state index in [9.17, 15) is 0 Å². The highest BCUT2D eigenvalue weighted by Crippen LogP contribution is 2.22. The largest absolute Gasteiger partial charge is 0.481 e. The van der Waals surface area contributed by atoms with Crippen LogP contribution in [0.1, 0.15) is 30.8 Å². The molecule has 0 fully saturated rings. The van der Waals surface area contributed by atoms with E-state index in [1.54, 1.807) is 7.11 Å². The molecule has 0 saturated heterocycles. The van der Waals surface area contributed by atoms with Gasteiger partial charge >= 0.3 is 0 Å². The van der Waals surface area contributed by atoms with E-state index in [0.29, 0.717) is 5.88 Å². The number of ether oxygens (including phenoxy) is 1. The molecule has 2 aromatic heterocycles. The maximum absolute atomic E-state index is 5.05. The summed E-state index contributed by atoms with van der Waals surface area (Å²) < 4.78 is 8.22. The standard InChI is InChI=1S/C15H21BrN4O/c1-4-12-15(16)13(20(5-2)19-12)10-17-8-11-6-7-14(21-3)18-9-11/h6-7,9,17H,4-5,8,10H2,1-3H3. The minimum atomic E-state index is 0.637. The Morgan fingerprint density at radius 3 is 2.67 bits per heavy atom. The highest BCUT2D eigenvalue weighted by molar-refractivity contribution is 9.10. The van der Waals surface area contributed by atoms with E-state index in [2.05, 4.69) is 45.2 Å². The van der Waals surface area contributed by atoms with Gasteiger partial charge in [0.05, 0.1) is 23.0 Å². The number of aromatic nitrogens is 3. The van der Waals surface area contributed by atoms with Gasteiger partial charge in [-0.05, 0) is 34.8 Å². The lowest BCUT2D eigenvalue weighted by molar-refractivity contribution is 0.397. The zero-order valence-corrected chi connectivity index (χ0v) is 14.3. The monoisotopic (exact) mass is 352 g/mol. The van der Waals surface area contributed by atoms with Crippen molar-refractivity contribution in [2.75, 3.05) is 7.11 Å². The van der Waals surface area contributed by atoms with Crippen LogP contribution in [0.25, 0.3) is 0 Å². The highest BCUT2D eigenvalue weighted by Gasteiger charge is 2.13. The third kappa shape index (κ3) is 3.83. The fourth-order valence-electron chi connectivity index (χ4n) is 2.15. The van der Waals surface area contributed by atoms with Gasteiger partial charge in [-0.15, -0.1) is 0 Å². The Morgan fingerprint density at radius 1 is 1.29 bits per heavy atom. The van der Waals surface area contributed by atoms with E-state index < -0.39 is 0 Å². The van der Waals surface area contributed by atoms with Gasteiger partial charge in [0.2, 0.25) is 5.88 Å². The number of nitrogens with one attached hydrogen (secondary N) is 1. The fourth-order valence-corrected chi connectivity index (χ4v) is 2.85. The van der Waals surface area contributed by atoms with Crippen LogP contribution in [0.15, 0.2) is 22.8 Å².